The van der Waals surface area contributed by atoms with E-state index >= 15 is 4.39 Å². The van der Waals surface area contributed by atoms with Gasteiger partial charge in [0.15, 0.2) is 11.6 Å². The number of hydrogen-bond donors (Lipinski definition) is 2. The number of nitrogen functional groups attached to an aromatic ring is 1. The maximum atomic E-state index is 17.0. The molecule has 2 fully saturated rings. The van der Waals surface area contributed by atoms with E-state index in [4.69, 9.17) is 26.8 Å². The minimum absolute atomic E-state index is 0.00619. The molecule has 2 aromatic heterocycles. The zero-order chi connectivity index (χ0) is 33.4. The Morgan fingerprint density at radius 1 is 1.30 bits per heavy atom. The molecule has 4 aromatic rings. The number of nitrogens with zero attached hydrogens (tertiary/aromatic N) is 5. The van der Waals surface area contributed by atoms with E-state index < -0.39 is 54.0 Å². The largest absolute Gasteiger partial charge is 0.489 e. The number of aromatic nitrogens is 2. The Labute approximate surface area is 274 Å². The number of anilines is 2. The summed E-state index contributed by atoms with van der Waals surface area (Å²) in [6.45, 7) is 1.06. The van der Waals surface area contributed by atoms with Gasteiger partial charge in [0, 0.05) is 23.9 Å². The van der Waals surface area contributed by atoms with Crippen molar-refractivity contribution in [2.45, 2.75) is 56.5 Å². The van der Waals surface area contributed by atoms with Gasteiger partial charge in [-0.05, 0) is 37.9 Å². The first-order valence-corrected chi connectivity index (χ1v) is 16.1. The number of aliphatic hydroxyl groups is 1. The molecule has 47 heavy (non-hydrogen) atoms. The molecule has 0 radical (unpaired) electrons. The Balaban J connectivity index is 1.48. The van der Waals surface area contributed by atoms with Crippen molar-refractivity contribution in [1.82, 2.24) is 14.9 Å². The number of benzene rings is 2. The second kappa shape index (κ2) is 11.8. The Hall–Kier alpha value is -3.71. The van der Waals surface area contributed by atoms with Crippen LogP contribution in [0.4, 0.5) is 32.8 Å². The van der Waals surface area contributed by atoms with Crippen LogP contribution in [0, 0.1) is 23.0 Å². The van der Waals surface area contributed by atoms with Crippen molar-refractivity contribution in [3.8, 4) is 29.0 Å². The van der Waals surface area contributed by atoms with Gasteiger partial charge in [-0.3, -0.25) is 4.90 Å². The maximum Gasteiger partial charge on any atom is 0.319 e. The predicted molar refractivity (Wildman–Crippen MR) is 167 cm³/mol. The Bertz CT molecular complexity index is 1960. The molecule has 9 nitrogen and oxygen atoms in total. The fourth-order valence-electron chi connectivity index (χ4n) is 7.22. The number of thiophene rings is 1. The SMILES string of the molecule is C[C@H](O)[C@@H]1COc2c(Cl)c(-c3ccc(F)c4sc(N)c(C#N)c34)c(F)c3nc(OC[C@@]45CCCN4C[C@H](F)C5)nc(c23)N1CC(F)F. The molecule has 3 N–H and O–H groups in total. The topological polar surface area (TPSA) is 121 Å². The van der Waals surface area contributed by atoms with Crippen LogP contribution in [0.25, 0.3) is 32.1 Å². The van der Waals surface area contributed by atoms with Crippen LogP contribution in [0.5, 0.6) is 11.8 Å². The van der Waals surface area contributed by atoms with Crippen molar-refractivity contribution in [1.29, 1.82) is 5.26 Å². The van der Waals surface area contributed by atoms with Gasteiger partial charge in [0.2, 0.25) is 0 Å². The lowest BCUT2D eigenvalue weighted by molar-refractivity contribution is 0.105. The standard InChI is InChI=1S/C31H28ClF5N6O3S/c1-13(44)18-11-45-26-22-25(24(37)21(23(26)32)15-3-4-17(34)27-20(15)16(8-38)28(39)47-27)40-30(41-29(22)43(18)10-19(35)36)46-12-31-5-2-6-42(31)9-14(33)7-31/h3-4,13-14,18-19,44H,2,5-7,9-12,39H2,1H3/t13-,14+,18-,31-/m0/s1. The third-order valence-electron chi connectivity index (χ3n) is 9.34. The van der Waals surface area contributed by atoms with E-state index in [1.165, 1.54) is 13.0 Å². The molecule has 248 valence electrons. The molecular formula is C31H28ClF5N6O3S. The minimum Gasteiger partial charge on any atom is -0.489 e. The van der Waals surface area contributed by atoms with Crippen molar-refractivity contribution >= 4 is 54.7 Å². The normalized spacial score (nSPS) is 23.3. The summed E-state index contributed by atoms with van der Waals surface area (Å²) in [7, 11) is 0. The second-order valence-corrected chi connectivity index (χ2v) is 13.6. The maximum absolute atomic E-state index is 17.0. The predicted octanol–water partition coefficient (Wildman–Crippen LogP) is 6.07. The van der Waals surface area contributed by atoms with E-state index in [-0.39, 0.29) is 85.9 Å². The van der Waals surface area contributed by atoms with E-state index in [0.717, 1.165) is 28.7 Å². The zero-order valence-electron chi connectivity index (χ0n) is 24.9. The molecule has 4 atom stereocenters. The molecule has 0 saturated carbocycles. The number of ether oxygens (including phenoxy) is 2. The Morgan fingerprint density at radius 2 is 2.09 bits per heavy atom. The van der Waals surface area contributed by atoms with Crippen LogP contribution in [0.2, 0.25) is 5.02 Å². The monoisotopic (exact) mass is 694 g/mol. The van der Waals surface area contributed by atoms with Crippen molar-refractivity contribution < 1.29 is 36.5 Å². The highest BCUT2D eigenvalue weighted by Gasteiger charge is 2.49. The summed E-state index contributed by atoms with van der Waals surface area (Å²) in [6.07, 6.45) is -3.43. The minimum atomic E-state index is -2.89. The van der Waals surface area contributed by atoms with Crippen molar-refractivity contribution in [3.05, 3.63) is 34.4 Å². The van der Waals surface area contributed by atoms with Gasteiger partial charge in [0.1, 0.15) is 47.6 Å². The number of halogens is 6. The van der Waals surface area contributed by atoms with E-state index in [0.29, 0.717) is 13.0 Å². The van der Waals surface area contributed by atoms with Crippen LogP contribution in [-0.2, 0) is 0 Å². The summed E-state index contributed by atoms with van der Waals surface area (Å²) in [5.41, 5.74) is 4.65. The van der Waals surface area contributed by atoms with Gasteiger partial charge >= 0.3 is 6.01 Å². The molecule has 0 unspecified atom stereocenters. The summed E-state index contributed by atoms with van der Waals surface area (Å²) in [4.78, 5) is 11.9. The summed E-state index contributed by atoms with van der Waals surface area (Å²) in [6, 6.07) is 2.86. The van der Waals surface area contributed by atoms with Crippen LogP contribution in [0.15, 0.2) is 12.1 Å². The van der Waals surface area contributed by atoms with Gasteiger partial charge in [-0.2, -0.15) is 15.2 Å². The fraction of sp³-hybridized carbons (Fsp3) is 0.452. The molecule has 3 aliphatic rings. The van der Waals surface area contributed by atoms with Crippen molar-refractivity contribution in [2.75, 3.05) is 43.5 Å². The van der Waals surface area contributed by atoms with Gasteiger partial charge < -0.3 is 25.2 Å². The second-order valence-electron chi connectivity index (χ2n) is 12.2. The zero-order valence-corrected chi connectivity index (χ0v) is 26.4. The van der Waals surface area contributed by atoms with Gasteiger partial charge in [-0.25, -0.2) is 22.0 Å². The van der Waals surface area contributed by atoms with Crippen LogP contribution in [-0.4, -0.2) is 83.1 Å². The van der Waals surface area contributed by atoms with E-state index in [1.807, 2.05) is 11.0 Å². The fourth-order valence-corrected chi connectivity index (χ4v) is 8.50. The highest BCUT2D eigenvalue weighted by molar-refractivity contribution is 7.23. The summed E-state index contributed by atoms with van der Waals surface area (Å²) >= 11 is 7.68. The number of aliphatic hydroxyl groups excluding tert-OH is 1. The summed E-state index contributed by atoms with van der Waals surface area (Å²) in [5.74, 6) is -2.07. The average Bonchev–Trinajstić information content (AvgIpc) is 3.63. The van der Waals surface area contributed by atoms with E-state index in [1.54, 1.807) is 0 Å². The molecule has 3 aliphatic heterocycles. The molecule has 0 amide bonds. The molecule has 0 aliphatic carbocycles. The first-order valence-electron chi connectivity index (χ1n) is 14.9. The first kappa shape index (κ1) is 31.9. The van der Waals surface area contributed by atoms with E-state index in [9.17, 15) is 27.9 Å². The number of hydrogen-bond acceptors (Lipinski definition) is 10. The summed E-state index contributed by atoms with van der Waals surface area (Å²) in [5, 5.41) is 20.1. The van der Waals surface area contributed by atoms with Gasteiger partial charge in [-0.1, -0.05) is 17.7 Å². The number of nitrogens with two attached hydrogens (primary N) is 1. The van der Waals surface area contributed by atoms with Crippen LogP contribution in [0.1, 0.15) is 31.7 Å². The highest BCUT2D eigenvalue weighted by atomic mass is 35.5. The number of alkyl halides is 3. The van der Waals surface area contributed by atoms with E-state index in [2.05, 4.69) is 9.97 Å². The van der Waals surface area contributed by atoms with Crippen LogP contribution < -0.4 is 20.1 Å². The van der Waals surface area contributed by atoms with Gasteiger partial charge in [-0.15, -0.1) is 11.3 Å². The first-order chi connectivity index (χ1) is 22.4. The van der Waals surface area contributed by atoms with Crippen molar-refractivity contribution in [3.63, 3.8) is 0 Å². The van der Waals surface area contributed by atoms with Crippen LogP contribution in [0.3, 0.4) is 0 Å². The third kappa shape index (κ3) is 5.08. The summed E-state index contributed by atoms with van der Waals surface area (Å²) < 4.78 is 86.5. The third-order valence-corrected chi connectivity index (χ3v) is 10.7. The number of fused-ring (bicyclic) bond motifs is 2. The lowest BCUT2D eigenvalue weighted by atomic mass is 9.95. The van der Waals surface area contributed by atoms with Crippen molar-refractivity contribution in [2.24, 2.45) is 0 Å². The number of rotatable bonds is 7. The molecule has 5 heterocycles. The lowest BCUT2D eigenvalue weighted by Crippen LogP contribution is -2.48. The average molecular weight is 695 g/mol. The molecule has 2 saturated heterocycles. The van der Waals surface area contributed by atoms with Gasteiger partial charge in [0.05, 0.1) is 44.9 Å². The molecule has 7 rings (SSSR count). The quantitative estimate of drug-likeness (QED) is 0.222. The molecular weight excluding hydrogens is 667 g/mol. The van der Waals surface area contributed by atoms with Crippen LogP contribution >= 0.6 is 22.9 Å². The smallest absolute Gasteiger partial charge is 0.319 e. The Morgan fingerprint density at radius 3 is 2.81 bits per heavy atom. The number of nitriles is 1. The highest BCUT2D eigenvalue weighted by Crippen LogP contribution is 2.51. The molecule has 16 heteroatoms. The van der Waals surface area contributed by atoms with Gasteiger partial charge in [0.25, 0.3) is 6.43 Å². The lowest BCUT2D eigenvalue weighted by Gasteiger charge is -2.33. The Kier molecular flexibility index (Phi) is 7.98. The molecule has 0 spiro atoms. The molecule has 0 bridgehead atoms. The molecule has 2 aromatic carbocycles.